The Morgan fingerprint density at radius 3 is 2.48 bits per heavy atom. The molecule has 0 N–H and O–H groups in total. The summed E-state index contributed by atoms with van der Waals surface area (Å²) in [5, 5.41) is 0. The molecule has 0 aliphatic heterocycles. The van der Waals surface area contributed by atoms with E-state index in [-0.39, 0.29) is 17.3 Å². The zero-order chi connectivity index (χ0) is 21.8. The lowest BCUT2D eigenvalue weighted by Crippen LogP contribution is -2.30. The predicted molar refractivity (Wildman–Crippen MR) is 123 cm³/mol. The number of ether oxygens (including phenoxy) is 1. The molecule has 31 heavy (non-hydrogen) atoms. The van der Waals surface area contributed by atoms with Crippen LogP contribution in [0.25, 0.3) is 0 Å². The molecule has 0 aromatic heterocycles. The first-order chi connectivity index (χ1) is 15.0. The second-order valence-electron chi connectivity index (χ2n) is 9.79. The van der Waals surface area contributed by atoms with E-state index in [1.54, 1.807) is 18.2 Å². The normalized spacial score (nSPS) is 25.6. The van der Waals surface area contributed by atoms with Gasteiger partial charge in [0.25, 0.3) is 0 Å². The largest absolute Gasteiger partial charge is 0.423 e. The predicted octanol–water partition coefficient (Wildman–Crippen LogP) is 7.84. The van der Waals surface area contributed by atoms with E-state index in [9.17, 15) is 4.79 Å². The van der Waals surface area contributed by atoms with Crippen LogP contribution in [0.5, 0.6) is 5.75 Å². The summed E-state index contributed by atoms with van der Waals surface area (Å²) < 4.78 is 20.4. The minimum absolute atomic E-state index is 0.265. The SMILES string of the molecule is CCCC[C@H]1CC[C@@H]2CC(c3ccc(C(=O)Oc4ccc(C)cc4)cc3F)CC[C@H]2C1. The van der Waals surface area contributed by atoms with Crippen LogP contribution in [0.3, 0.4) is 0 Å². The molecule has 2 aromatic rings. The van der Waals surface area contributed by atoms with Gasteiger partial charge >= 0.3 is 5.97 Å². The first-order valence-corrected chi connectivity index (χ1v) is 12.1. The summed E-state index contributed by atoms with van der Waals surface area (Å²) >= 11 is 0. The number of hydrogen-bond acceptors (Lipinski definition) is 2. The van der Waals surface area contributed by atoms with Crippen molar-refractivity contribution in [3.63, 3.8) is 0 Å². The molecular weight excluding hydrogens is 387 g/mol. The Labute approximate surface area is 186 Å². The van der Waals surface area contributed by atoms with Crippen molar-refractivity contribution in [3.8, 4) is 5.75 Å². The van der Waals surface area contributed by atoms with Crippen molar-refractivity contribution in [2.24, 2.45) is 17.8 Å². The fourth-order valence-corrected chi connectivity index (χ4v) is 5.78. The highest BCUT2D eigenvalue weighted by Crippen LogP contribution is 2.48. The van der Waals surface area contributed by atoms with Crippen molar-refractivity contribution < 1.29 is 13.9 Å². The van der Waals surface area contributed by atoms with Crippen LogP contribution in [0.4, 0.5) is 4.39 Å². The topological polar surface area (TPSA) is 26.3 Å². The monoisotopic (exact) mass is 422 g/mol. The smallest absolute Gasteiger partial charge is 0.343 e. The van der Waals surface area contributed by atoms with Gasteiger partial charge in [-0.05, 0) is 92.5 Å². The molecule has 4 atom stereocenters. The summed E-state index contributed by atoms with van der Waals surface area (Å²) in [4.78, 5) is 12.4. The second-order valence-corrected chi connectivity index (χ2v) is 9.79. The number of halogens is 1. The number of aryl methyl sites for hydroxylation is 1. The van der Waals surface area contributed by atoms with E-state index in [1.807, 2.05) is 25.1 Å². The third-order valence-corrected chi connectivity index (χ3v) is 7.60. The van der Waals surface area contributed by atoms with Gasteiger partial charge in [0.1, 0.15) is 11.6 Å². The summed E-state index contributed by atoms with van der Waals surface area (Å²) in [5.74, 6) is 2.46. The van der Waals surface area contributed by atoms with Gasteiger partial charge < -0.3 is 4.74 Å². The van der Waals surface area contributed by atoms with Gasteiger partial charge in [0.05, 0.1) is 5.56 Å². The number of unbranched alkanes of at least 4 members (excludes halogenated alkanes) is 1. The quantitative estimate of drug-likeness (QED) is 0.350. The summed E-state index contributed by atoms with van der Waals surface area (Å²) in [5.41, 5.74) is 2.14. The van der Waals surface area contributed by atoms with E-state index in [0.29, 0.717) is 5.75 Å². The molecule has 0 heterocycles. The van der Waals surface area contributed by atoms with Crippen LogP contribution in [0.1, 0.15) is 92.1 Å². The second kappa shape index (κ2) is 9.97. The standard InChI is InChI=1S/C28H35FO2/c1-3-4-5-20-8-9-22-17-23(11-10-21(22)16-20)26-15-12-24(18-27(26)29)28(30)31-25-13-6-19(2)7-14-25/h6-7,12-15,18,20-23H,3-5,8-11,16-17H2,1-2H3/t20-,21-,22+,23?/m0/s1. The van der Waals surface area contributed by atoms with Gasteiger partial charge in [0.15, 0.2) is 0 Å². The number of hydrogen-bond donors (Lipinski definition) is 0. The molecule has 2 nitrogen and oxygen atoms in total. The number of rotatable bonds is 6. The Morgan fingerprint density at radius 1 is 1.00 bits per heavy atom. The summed E-state index contributed by atoms with van der Waals surface area (Å²) in [6.07, 6.45) is 11.4. The Kier molecular flexibility index (Phi) is 7.09. The molecule has 2 saturated carbocycles. The fourth-order valence-electron chi connectivity index (χ4n) is 5.78. The van der Waals surface area contributed by atoms with Crippen molar-refractivity contribution in [2.75, 3.05) is 0 Å². The van der Waals surface area contributed by atoms with E-state index in [2.05, 4.69) is 6.92 Å². The average molecular weight is 423 g/mol. The number of carbonyl (C=O) groups is 1. The highest BCUT2D eigenvalue weighted by Gasteiger charge is 2.36. The number of fused-ring (bicyclic) bond motifs is 1. The average Bonchev–Trinajstić information content (AvgIpc) is 2.78. The zero-order valence-electron chi connectivity index (χ0n) is 18.9. The van der Waals surface area contributed by atoms with Gasteiger partial charge in [-0.1, -0.05) is 56.4 Å². The molecule has 166 valence electrons. The Bertz CT molecular complexity index is 888. The van der Waals surface area contributed by atoms with E-state index < -0.39 is 5.97 Å². The minimum atomic E-state index is -0.511. The van der Waals surface area contributed by atoms with E-state index in [4.69, 9.17) is 4.74 Å². The molecule has 3 heteroatoms. The summed E-state index contributed by atoms with van der Waals surface area (Å²) in [6.45, 7) is 4.25. The van der Waals surface area contributed by atoms with Gasteiger partial charge in [-0.15, -0.1) is 0 Å². The maximum absolute atomic E-state index is 15.0. The molecule has 0 bridgehead atoms. The molecule has 2 aliphatic rings. The fraction of sp³-hybridized carbons (Fsp3) is 0.536. The molecule has 0 spiro atoms. The van der Waals surface area contributed by atoms with Gasteiger partial charge in [-0.25, -0.2) is 9.18 Å². The first-order valence-electron chi connectivity index (χ1n) is 12.1. The van der Waals surface area contributed by atoms with Crippen LogP contribution in [-0.2, 0) is 0 Å². The highest BCUT2D eigenvalue weighted by atomic mass is 19.1. The van der Waals surface area contributed by atoms with Crippen molar-refractivity contribution in [1.29, 1.82) is 0 Å². The van der Waals surface area contributed by atoms with Gasteiger partial charge in [0, 0.05) is 0 Å². The Hall–Kier alpha value is -2.16. The third kappa shape index (κ3) is 5.37. The van der Waals surface area contributed by atoms with Crippen molar-refractivity contribution in [3.05, 3.63) is 65.0 Å². The molecule has 1 unspecified atom stereocenters. The molecule has 0 radical (unpaired) electrons. The first kappa shape index (κ1) is 22.0. The zero-order valence-corrected chi connectivity index (χ0v) is 18.9. The maximum atomic E-state index is 15.0. The third-order valence-electron chi connectivity index (χ3n) is 7.60. The summed E-state index contributed by atoms with van der Waals surface area (Å²) in [7, 11) is 0. The van der Waals surface area contributed by atoms with Crippen LogP contribution in [0.15, 0.2) is 42.5 Å². The van der Waals surface area contributed by atoms with Crippen LogP contribution >= 0.6 is 0 Å². The molecule has 4 rings (SSSR count). The van der Waals surface area contributed by atoms with Crippen molar-refractivity contribution in [1.82, 2.24) is 0 Å². The Balaban J connectivity index is 1.37. The molecule has 0 saturated heterocycles. The molecule has 2 fully saturated rings. The lowest BCUT2D eigenvalue weighted by Gasteiger charge is -2.42. The maximum Gasteiger partial charge on any atom is 0.343 e. The number of esters is 1. The van der Waals surface area contributed by atoms with E-state index >= 15 is 4.39 Å². The van der Waals surface area contributed by atoms with Gasteiger partial charge in [-0.3, -0.25) is 0 Å². The van der Waals surface area contributed by atoms with Crippen molar-refractivity contribution in [2.45, 2.75) is 77.6 Å². The summed E-state index contributed by atoms with van der Waals surface area (Å²) in [6, 6.07) is 12.2. The number of benzene rings is 2. The van der Waals surface area contributed by atoms with Crippen LogP contribution in [0, 0.1) is 30.5 Å². The molecule has 2 aliphatic carbocycles. The van der Waals surface area contributed by atoms with E-state index in [0.717, 1.165) is 41.7 Å². The highest BCUT2D eigenvalue weighted by molar-refractivity contribution is 5.91. The minimum Gasteiger partial charge on any atom is -0.423 e. The van der Waals surface area contributed by atoms with Gasteiger partial charge in [-0.2, -0.15) is 0 Å². The van der Waals surface area contributed by atoms with Gasteiger partial charge in [0.2, 0.25) is 0 Å². The molecular formula is C28H35FO2. The molecule has 2 aromatic carbocycles. The molecule has 0 amide bonds. The van der Waals surface area contributed by atoms with Crippen LogP contribution in [-0.4, -0.2) is 5.97 Å². The van der Waals surface area contributed by atoms with E-state index in [1.165, 1.54) is 51.0 Å². The Morgan fingerprint density at radius 2 is 1.74 bits per heavy atom. The lowest BCUT2D eigenvalue weighted by atomic mass is 9.63. The van der Waals surface area contributed by atoms with Crippen molar-refractivity contribution >= 4 is 5.97 Å². The lowest BCUT2D eigenvalue weighted by molar-refractivity contribution is 0.0734. The van der Waals surface area contributed by atoms with Crippen LogP contribution < -0.4 is 4.74 Å². The van der Waals surface area contributed by atoms with Crippen LogP contribution in [0.2, 0.25) is 0 Å². The number of carbonyl (C=O) groups excluding carboxylic acids is 1.